The number of esters is 1. The Morgan fingerprint density at radius 3 is 2.62 bits per heavy atom. The van der Waals surface area contributed by atoms with Gasteiger partial charge in [-0.3, -0.25) is 10.4 Å². The van der Waals surface area contributed by atoms with Crippen molar-refractivity contribution in [3.8, 4) is 0 Å². The van der Waals surface area contributed by atoms with Crippen LogP contribution in [0.2, 0.25) is 0 Å². The third kappa shape index (κ3) is 2.47. The first kappa shape index (κ1) is 15.3. The smallest absolute Gasteiger partial charge is 0.342 e. The zero-order valence-electron chi connectivity index (χ0n) is 12.9. The number of ether oxygens (including phenoxy) is 1. The highest BCUT2D eigenvalue weighted by atomic mass is 16.5. The first-order valence-electron chi connectivity index (χ1n) is 7.08. The third-order valence-corrected chi connectivity index (χ3v) is 3.36. The highest BCUT2D eigenvalue weighted by molar-refractivity contribution is 6.03. The molecule has 0 bridgehead atoms. The number of carbonyl (C=O) groups excluding carboxylic acids is 1. The number of nitrogens with two attached hydrogens (primary N) is 1. The molecule has 1 aromatic rings. The van der Waals surface area contributed by atoms with Gasteiger partial charge in [0.25, 0.3) is 0 Å². The van der Waals surface area contributed by atoms with Gasteiger partial charge in [0.15, 0.2) is 5.82 Å². The summed E-state index contributed by atoms with van der Waals surface area (Å²) in [5, 5.41) is 3.90. The van der Waals surface area contributed by atoms with E-state index in [0.717, 1.165) is 12.2 Å². The second-order valence-electron chi connectivity index (χ2n) is 4.55. The molecule has 8 nitrogen and oxygen atoms in total. The highest BCUT2D eigenvalue weighted by Crippen LogP contribution is 2.42. The largest absolute Gasteiger partial charge is 0.462 e. The van der Waals surface area contributed by atoms with Gasteiger partial charge in [-0.2, -0.15) is 0 Å². The van der Waals surface area contributed by atoms with Crippen LogP contribution in [0.15, 0.2) is 0 Å². The number of anilines is 3. The van der Waals surface area contributed by atoms with Crippen molar-refractivity contribution >= 4 is 23.2 Å². The number of hydrazine groups is 3. The lowest BCUT2D eigenvalue weighted by Gasteiger charge is -2.27. The Balaban J connectivity index is 2.63. The van der Waals surface area contributed by atoms with Crippen molar-refractivity contribution in [3.05, 3.63) is 11.3 Å². The molecular weight excluding hydrogens is 272 g/mol. The summed E-state index contributed by atoms with van der Waals surface area (Å²) in [5.41, 5.74) is 8.28. The molecule has 21 heavy (non-hydrogen) atoms. The monoisotopic (exact) mass is 294 g/mol. The van der Waals surface area contributed by atoms with E-state index < -0.39 is 0 Å². The number of nitrogen functional groups attached to an aromatic ring is 1. The lowest BCUT2D eigenvalue weighted by atomic mass is 10.1. The minimum absolute atomic E-state index is 0.320. The first-order chi connectivity index (χ1) is 10.1. The minimum Gasteiger partial charge on any atom is -0.462 e. The molecule has 0 atom stereocenters. The fraction of sp³-hybridized carbons (Fsp3) is 0.538. The molecule has 1 aliphatic rings. The molecule has 0 saturated heterocycles. The fourth-order valence-electron chi connectivity index (χ4n) is 2.49. The van der Waals surface area contributed by atoms with Gasteiger partial charge < -0.3 is 10.2 Å². The molecule has 1 aliphatic heterocycles. The quantitative estimate of drug-likeness (QED) is 0.424. The highest BCUT2D eigenvalue weighted by Gasteiger charge is 2.34. The van der Waals surface area contributed by atoms with Crippen molar-refractivity contribution in [2.75, 3.05) is 35.6 Å². The summed E-state index contributed by atoms with van der Waals surface area (Å²) in [4.78, 5) is 16.6. The second kappa shape index (κ2) is 6.15. The standard InChI is InChI=1S/C13H22N6O2/c1-5-18-11-9(13(20)21-7-3)8(4)15-12(16-14)10(11)17-19(18)6-2/h17H,5-7,14H2,1-4H3,(H,15,16). The molecule has 0 saturated carbocycles. The summed E-state index contributed by atoms with van der Waals surface area (Å²) < 4.78 is 5.17. The summed E-state index contributed by atoms with van der Waals surface area (Å²) in [6.45, 7) is 9.34. The maximum atomic E-state index is 12.3. The van der Waals surface area contributed by atoms with Gasteiger partial charge in [0.05, 0.1) is 18.0 Å². The zero-order chi connectivity index (χ0) is 15.6. The van der Waals surface area contributed by atoms with Crippen molar-refractivity contribution in [2.24, 2.45) is 5.84 Å². The Morgan fingerprint density at radius 2 is 2.10 bits per heavy atom. The van der Waals surface area contributed by atoms with Crippen LogP contribution in [0.1, 0.15) is 36.8 Å². The lowest BCUT2D eigenvalue weighted by Crippen LogP contribution is -2.41. The van der Waals surface area contributed by atoms with Crippen LogP contribution in [-0.2, 0) is 4.74 Å². The number of hydrogen-bond acceptors (Lipinski definition) is 8. The van der Waals surface area contributed by atoms with Gasteiger partial charge in [0.2, 0.25) is 0 Å². The molecule has 2 rings (SSSR count). The van der Waals surface area contributed by atoms with Crippen LogP contribution in [0, 0.1) is 6.92 Å². The number of nitrogens with one attached hydrogen (secondary N) is 2. The van der Waals surface area contributed by atoms with Crippen LogP contribution >= 0.6 is 0 Å². The zero-order valence-corrected chi connectivity index (χ0v) is 12.9. The Morgan fingerprint density at radius 1 is 1.38 bits per heavy atom. The van der Waals surface area contributed by atoms with Gasteiger partial charge in [-0.25, -0.2) is 15.6 Å². The van der Waals surface area contributed by atoms with E-state index in [1.54, 1.807) is 13.8 Å². The molecule has 0 fully saturated rings. The number of hydrogen-bond donors (Lipinski definition) is 3. The fourth-order valence-corrected chi connectivity index (χ4v) is 2.49. The molecular formula is C13H22N6O2. The average molecular weight is 294 g/mol. The average Bonchev–Trinajstić information content (AvgIpc) is 2.84. The van der Waals surface area contributed by atoms with Gasteiger partial charge in [0, 0.05) is 13.1 Å². The predicted octanol–water partition coefficient (Wildman–Crippen LogP) is 1.26. The third-order valence-electron chi connectivity index (χ3n) is 3.36. The van der Waals surface area contributed by atoms with E-state index in [0.29, 0.717) is 35.9 Å². The molecule has 0 unspecified atom stereocenters. The van der Waals surface area contributed by atoms with E-state index in [1.165, 1.54) is 0 Å². The molecule has 0 spiro atoms. The van der Waals surface area contributed by atoms with Gasteiger partial charge in [-0.05, 0) is 27.7 Å². The molecule has 4 N–H and O–H groups in total. The predicted molar refractivity (Wildman–Crippen MR) is 81.8 cm³/mol. The second-order valence-corrected chi connectivity index (χ2v) is 4.55. The number of aryl methyl sites for hydroxylation is 1. The van der Waals surface area contributed by atoms with Crippen LogP contribution in [-0.4, -0.2) is 35.8 Å². The SMILES string of the molecule is CCOC(=O)c1c(C)nc(NN)c2c1N(CC)N(CC)N2. The van der Waals surface area contributed by atoms with Crippen LogP contribution in [0.5, 0.6) is 0 Å². The van der Waals surface area contributed by atoms with Crippen molar-refractivity contribution in [1.82, 2.24) is 10.1 Å². The Bertz CT molecular complexity index is 548. The minimum atomic E-state index is -0.375. The number of pyridine rings is 1. The van der Waals surface area contributed by atoms with Gasteiger partial charge in [-0.15, -0.1) is 5.12 Å². The molecule has 116 valence electrons. The van der Waals surface area contributed by atoms with Crippen molar-refractivity contribution in [2.45, 2.75) is 27.7 Å². The van der Waals surface area contributed by atoms with Gasteiger partial charge in [-0.1, -0.05) is 0 Å². The van der Waals surface area contributed by atoms with E-state index in [9.17, 15) is 4.79 Å². The number of rotatable bonds is 5. The van der Waals surface area contributed by atoms with E-state index in [2.05, 4.69) is 15.8 Å². The van der Waals surface area contributed by atoms with Crippen LogP contribution in [0.25, 0.3) is 0 Å². The van der Waals surface area contributed by atoms with Crippen LogP contribution < -0.4 is 21.7 Å². The first-order valence-corrected chi connectivity index (χ1v) is 7.08. The number of aromatic nitrogens is 1. The molecule has 0 radical (unpaired) electrons. The Labute approximate surface area is 124 Å². The van der Waals surface area contributed by atoms with E-state index in [-0.39, 0.29) is 5.97 Å². The molecule has 1 aromatic heterocycles. The van der Waals surface area contributed by atoms with Crippen LogP contribution in [0.4, 0.5) is 17.2 Å². The summed E-state index contributed by atoms with van der Waals surface area (Å²) in [6, 6.07) is 0. The normalized spacial score (nSPS) is 13.9. The van der Waals surface area contributed by atoms with Gasteiger partial charge >= 0.3 is 5.97 Å². The van der Waals surface area contributed by atoms with Crippen molar-refractivity contribution in [1.29, 1.82) is 0 Å². The maximum absolute atomic E-state index is 12.3. The summed E-state index contributed by atoms with van der Waals surface area (Å²) in [7, 11) is 0. The van der Waals surface area contributed by atoms with Gasteiger partial charge in [0.1, 0.15) is 11.3 Å². The Kier molecular flexibility index (Phi) is 4.49. The lowest BCUT2D eigenvalue weighted by molar-refractivity contribution is 0.0525. The number of nitrogens with zero attached hydrogens (tertiary/aromatic N) is 3. The van der Waals surface area contributed by atoms with E-state index in [4.69, 9.17) is 10.6 Å². The molecule has 0 aliphatic carbocycles. The molecule has 2 heterocycles. The summed E-state index contributed by atoms with van der Waals surface area (Å²) >= 11 is 0. The number of carbonyl (C=O) groups is 1. The summed E-state index contributed by atoms with van der Waals surface area (Å²) in [6.07, 6.45) is 0. The van der Waals surface area contributed by atoms with E-state index >= 15 is 0 Å². The topological polar surface area (TPSA) is 95.7 Å². The number of fused-ring (bicyclic) bond motifs is 1. The Hall–Kier alpha value is -2.06. The molecule has 0 amide bonds. The van der Waals surface area contributed by atoms with E-state index in [1.807, 2.05) is 24.0 Å². The molecule has 0 aromatic carbocycles. The van der Waals surface area contributed by atoms with Crippen molar-refractivity contribution in [3.63, 3.8) is 0 Å². The summed E-state index contributed by atoms with van der Waals surface area (Å²) in [5.74, 6) is 5.67. The maximum Gasteiger partial charge on any atom is 0.342 e. The van der Waals surface area contributed by atoms with Crippen LogP contribution in [0.3, 0.4) is 0 Å². The van der Waals surface area contributed by atoms with Crippen molar-refractivity contribution < 1.29 is 9.53 Å². The molecule has 8 heteroatoms.